The Bertz CT molecular complexity index is 121. The summed E-state index contributed by atoms with van der Waals surface area (Å²) in [6.07, 6.45) is 2.01. The number of rotatable bonds is 3. The first-order valence-corrected chi connectivity index (χ1v) is 3.85. The highest BCUT2D eigenvalue weighted by atomic mass is 16.2. The zero-order chi connectivity index (χ0) is 7.40. The van der Waals surface area contributed by atoms with Crippen LogP contribution in [-0.4, -0.2) is 25.0 Å². The molecule has 0 aromatic carbocycles. The Morgan fingerprint density at radius 3 is 2.90 bits per heavy atom. The lowest BCUT2D eigenvalue weighted by Gasteiger charge is -2.26. The van der Waals surface area contributed by atoms with Gasteiger partial charge in [-0.25, -0.2) is 0 Å². The summed E-state index contributed by atoms with van der Waals surface area (Å²) >= 11 is 0. The van der Waals surface area contributed by atoms with Crippen LogP contribution < -0.4 is 10.6 Å². The summed E-state index contributed by atoms with van der Waals surface area (Å²) < 4.78 is 0. The summed E-state index contributed by atoms with van der Waals surface area (Å²) in [4.78, 5) is 11.0. The monoisotopic (exact) mass is 142 g/mol. The minimum absolute atomic E-state index is 0.103. The molecule has 0 aromatic rings. The van der Waals surface area contributed by atoms with Gasteiger partial charge in [0.15, 0.2) is 0 Å². The van der Waals surface area contributed by atoms with Crippen LogP contribution in [0.3, 0.4) is 0 Å². The second-order valence-corrected chi connectivity index (χ2v) is 2.59. The van der Waals surface area contributed by atoms with E-state index in [0.29, 0.717) is 0 Å². The molecule has 1 aliphatic heterocycles. The van der Waals surface area contributed by atoms with E-state index in [4.69, 9.17) is 0 Å². The molecule has 0 unspecified atom stereocenters. The Kier molecular flexibility index (Phi) is 2.68. The van der Waals surface area contributed by atoms with Crippen molar-refractivity contribution in [2.45, 2.75) is 25.8 Å². The number of nitrogens with one attached hydrogen (secondary N) is 2. The average molecular weight is 142 g/mol. The van der Waals surface area contributed by atoms with Gasteiger partial charge in [-0.15, -0.1) is 0 Å². The third kappa shape index (κ3) is 1.70. The molecular formula is C7H14N2O. The maximum Gasteiger partial charge on any atom is 0.237 e. The second kappa shape index (κ2) is 3.56. The standard InChI is InChI=1S/C7H14N2O/c1-2-4-9-7(10)6-3-5-8-6/h6,8H,2-5H2,1H3,(H,9,10)/t6-/m0/s1. The number of carbonyl (C=O) groups excluding carboxylic acids is 1. The predicted octanol–water partition coefficient (Wildman–Crippen LogP) is -0.126. The Balaban J connectivity index is 2.08. The first-order valence-electron chi connectivity index (χ1n) is 3.85. The van der Waals surface area contributed by atoms with Crippen molar-refractivity contribution in [1.82, 2.24) is 10.6 Å². The van der Waals surface area contributed by atoms with Gasteiger partial charge in [0.05, 0.1) is 6.04 Å². The van der Waals surface area contributed by atoms with Crippen molar-refractivity contribution in [1.29, 1.82) is 0 Å². The maximum absolute atomic E-state index is 11.0. The maximum atomic E-state index is 11.0. The molecule has 10 heavy (non-hydrogen) atoms. The third-order valence-corrected chi connectivity index (χ3v) is 1.69. The van der Waals surface area contributed by atoms with Crippen molar-refractivity contribution >= 4 is 5.91 Å². The normalized spacial score (nSPS) is 23.5. The molecule has 3 heteroatoms. The lowest BCUT2D eigenvalue weighted by molar-refractivity contribution is -0.124. The van der Waals surface area contributed by atoms with Crippen molar-refractivity contribution in [2.24, 2.45) is 0 Å². The fourth-order valence-corrected chi connectivity index (χ4v) is 0.884. The Labute approximate surface area is 61.2 Å². The van der Waals surface area contributed by atoms with E-state index in [1.165, 1.54) is 0 Å². The summed E-state index contributed by atoms with van der Waals surface area (Å²) in [5.74, 6) is 0.160. The first-order chi connectivity index (χ1) is 4.84. The molecule has 0 aliphatic carbocycles. The van der Waals surface area contributed by atoms with Crippen LogP contribution in [0.5, 0.6) is 0 Å². The van der Waals surface area contributed by atoms with Crippen LogP contribution in [-0.2, 0) is 4.79 Å². The van der Waals surface area contributed by atoms with Crippen LogP contribution in [0, 0.1) is 0 Å². The molecule has 0 spiro atoms. The van der Waals surface area contributed by atoms with E-state index in [2.05, 4.69) is 17.6 Å². The van der Waals surface area contributed by atoms with Crippen molar-refractivity contribution in [3.8, 4) is 0 Å². The third-order valence-electron chi connectivity index (χ3n) is 1.69. The molecule has 0 radical (unpaired) electrons. The predicted molar refractivity (Wildman–Crippen MR) is 39.7 cm³/mol. The highest BCUT2D eigenvalue weighted by Crippen LogP contribution is 2.00. The van der Waals surface area contributed by atoms with E-state index < -0.39 is 0 Å². The van der Waals surface area contributed by atoms with Crippen LogP contribution in [0.2, 0.25) is 0 Å². The van der Waals surface area contributed by atoms with Gasteiger partial charge in [-0.1, -0.05) is 6.92 Å². The molecule has 1 fully saturated rings. The molecular weight excluding hydrogens is 128 g/mol. The van der Waals surface area contributed by atoms with E-state index in [1.807, 2.05) is 0 Å². The molecule has 1 rings (SSSR count). The van der Waals surface area contributed by atoms with Crippen molar-refractivity contribution in [2.75, 3.05) is 13.1 Å². The second-order valence-electron chi connectivity index (χ2n) is 2.59. The van der Waals surface area contributed by atoms with Crippen LogP contribution in [0.4, 0.5) is 0 Å². The van der Waals surface area contributed by atoms with Gasteiger partial charge < -0.3 is 10.6 Å². The van der Waals surface area contributed by atoms with Gasteiger partial charge in [0, 0.05) is 6.54 Å². The van der Waals surface area contributed by atoms with Gasteiger partial charge in [0.1, 0.15) is 0 Å². The van der Waals surface area contributed by atoms with Crippen LogP contribution >= 0.6 is 0 Å². The zero-order valence-electron chi connectivity index (χ0n) is 6.31. The summed E-state index contributed by atoms with van der Waals surface area (Å²) in [5, 5.41) is 5.87. The topological polar surface area (TPSA) is 41.1 Å². The molecule has 1 aliphatic rings. The average Bonchev–Trinajstić information content (AvgIpc) is 1.79. The first kappa shape index (κ1) is 7.54. The molecule has 1 atom stereocenters. The molecule has 0 saturated carbocycles. The van der Waals surface area contributed by atoms with Gasteiger partial charge >= 0.3 is 0 Å². The summed E-state index contributed by atoms with van der Waals surface area (Å²) in [6.45, 7) is 3.84. The van der Waals surface area contributed by atoms with E-state index in [9.17, 15) is 4.79 Å². The van der Waals surface area contributed by atoms with Crippen molar-refractivity contribution in [3.63, 3.8) is 0 Å². The minimum Gasteiger partial charge on any atom is -0.355 e. The lowest BCUT2D eigenvalue weighted by atomic mass is 10.1. The molecule has 1 amide bonds. The smallest absolute Gasteiger partial charge is 0.237 e. The molecule has 0 aromatic heterocycles. The van der Waals surface area contributed by atoms with Crippen LogP contribution in [0.25, 0.3) is 0 Å². The quantitative estimate of drug-likeness (QED) is 0.576. The Hall–Kier alpha value is -0.570. The lowest BCUT2D eigenvalue weighted by Crippen LogP contribution is -2.53. The number of carbonyl (C=O) groups is 1. The molecule has 3 nitrogen and oxygen atoms in total. The van der Waals surface area contributed by atoms with E-state index in [0.717, 1.165) is 25.9 Å². The molecule has 2 N–H and O–H groups in total. The van der Waals surface area contributed by atoms with Gasteiger partial charge in [-0.2, -0.15) is 0 Å². The van der Waals surface area contributed by atoms with Gasteiger partial charge in [-0.3, -0.25) is 4.79 Å². The van der Waals surface area contributed by atoms with Crippen molar-refractivity contribution < 1.29 is 4.79 Å². The summed E-state index contributed by atoms with van der Waals surface area (Å²) in [5.41, 5.74) is 0. The van der Waals surface area contributed by atoms with E-state index in [1.54, 1.807) is 0 Å². The zero-order valence-corrected chi connectivity index (χ0v) is 6.31. The van der Waals surface area contributed by atoms with Crippen LogP contribution in [0.15, 0.2) is 0 Å². The van der Waals surface area contributed by atoms with Crippen molar-refractivity contribution in [3.05, 3.63) is 0 Å². The fraction of sp³-hybridized carbons (Fsp3) is 0.857. The minimum atomic E-state index is 0.103. The largest absolute Gasteiger partial charge is 0.355 e. The number of amides is 1. The SMILES string of the molecule is CCCNC(=O)[C@@H]1CCN1. The Morgan fingerprint density at radius 2 is 2.50 bits per heavy atom. The summed E-state index contributed by atoms with van der Waals surface area (Å²) in [6, 6.07) is 0.103. The van der Waals surface area contributed by atoms with Gasteiger partial charge in [0.2, 0.25) is 5.91 Å². The van der Waals surface area contributed by atoms with E-state index >= 15 is 0 Å². The van der Waals surface area contributed by atoms with Gasteiger partial charge in [-0.05, 0) is 19.4 Å². The highest BCUT2D eigenvalue weighted by molar-refractivity contribution is 5.82. The highest BCUT2D eigenvalue weighted by Gasteiger charge is 2.23. The number of hydrogen-bond acceptors (Lipinski definition) is 2. The molecule has 1 saturated heterocycles. The van der Waals surface area contributed by atoms with Gasteiger partial charge in [0.25, 0.3) is 0 Å². The van der Waals surface area contributed by atoms with Crippen LogP contribution in [0.1, 0.15) is 19.8 Å². The molecule has 0 bridgehead atoms. The summed E-state index contributed by atoms with van der Waals surface area (Å²) in [7, 11) is 0. The Morgan fingerprint density at radius 1 is 1.80 bits per heavy atom. The van der Waals surface area contributed by atoms with E-state index in [-0.39, 0.29) is 11.9 Å². The molecule has 58 valence electrons. The number of hydrogen-bond donors (Lipinski definition) is 2. The molecule has 1 heterocycles. The fourth-order valence-electron chi connectivity index (χ4n) is 0.884.